The Morgan fingerprint density at radius 1 is 1.21 bits per heavy atom. The van der Waals surface area contributed by atoms with Gasteiger partial charge >= 0.3 is 6.09 Å². The van der Waals surface area contributed by atoms with Crippen LogP contribution in [-0.2, 0) is 11.3 Å². The van der Waals surface area contributed by atoms with Gasteiger partial charge in [-0.3, -0.25) is 0 Å². The van der Waals surface area contributed by atoms with Gasteiger partial charge in [-0.15, -0.1) is 0 Å². The molecule has 0 saturated carbocycles. The maximum absolute atomic E-state index is 12.2. The highest BCUT2D eigenvalue weighted by Crippen LogP contribution is 2.16. The number of methoxy groups -OCH3 is 1. The number of hydrogen-bond acceptors (Lipinski definition) is 4. The lowest BCUT2D eigenvalue weighted by atomic mass is 10.1. The summed E-state index contributed by atoms with van der Waals surface area (Å²) in [5.41, 5.74) is 0.805. The van der Waals surface area contributed by atoms with Gasteiger partial charge in [-0.1, -0.05) is 12.1 Å². The smallest absolute Gasteiger partial charge is 0.410 e. The number of rotatable bonds is 4. The van der Waals surface area contributed by atoms with Crippen LogP contribution in [0.2, 0.25) is 0 Å². The average Bonchev–Trinajstić information content (AvgIpc) is 2.77. The summed E-state index contributed by atoms with van der Waals surface area (Å²) in [6.07, 6.45) is 2.84. The third-order valence-electron chi connectivity index (χ3n) is 4.13. The number of carbonyl (C=O) groups is 1. The van der Waals surface area contributed by atoms with Crippen molar-refractivity contribution in [3.05, 3.63) is 29.8 Å². The molecule has 1 fully saturated rings. The van der Waals surface area contributed by atoms with Crippen LogP contribution in [0.3, 0.4) is 0 Å². The Hall–Kier alpha value is -1.75. The van der Waals surface area contributed by atoms with Gasteiger partial charge in [-0.2, -0.15) is 0 Å². The molecule has 1 amide bonds. The molecule has 1 aliphatic heterocycles. The highest BCUT2D eigenvalue weighted by molar-refractivity contribution is 5.68. The van der Waals surface area contributed by atoms with E-state index in [0.717, 1.165) is 44.6 Å². The second kappa shape index (κ2) is 8.38. The first kappa shape index (κ1) is 18.6. The van der Waals surface area contributed by atoms with Crippen LogP contribution in [0.15, 0.2) is 24.3 Å². The zero-order valence-corrected chi connectivity index (χ0v) is 15.3. The summed E-state index contributed by atoms with van der Waals surface area (Å²) in [7, 11) is 1.68. The Balaban J connectivity index is 1.79. The second-order valence-corrected chi connectivity index (χ2v) is 7.32. The molecule has 1 aliphatic rings. The molecule has 0 aliphatic carbocycles. The first-order valence-electron chi connectivity index (χ1n) is 8.71. The van der Waals surface area contributed by atoms with E-state index < -0.39 is 5.60 Å². The van der Waals surface area contributed by atoms with Crippen molar-refractivity contribution in [1.29, 1.82) is 0 Å². The largest absolute Gasteiger partial charge is 0.497 e. The number of amides is 1. The molecule has 0 radical (unpaired) electrons. The summed E-state index contributed by atoms with van der Waals surface area (Å²) < 4.78 is 10.7. The van der Waals surface area contributed by atoms with Gasteiger partial charge in [0.2, 0.25) is 0 Å². The quantitative estimate of drug-likeness (QED) is 0.914. The molecule has 1 atom stereocenters. The Morgan fingerprint density at radius 2 is 1.92 bits per heavy atom. The summed E-state index contributed by atoms with van der Waals surface area (Å²) in [5, 5.41) is 3.60. The van der Waals surface area contributed by atoms with Crippen LogP contribution in [0, 0.1) is 0 Å². The van der Waals surface area contributed by atoms with Crippen LogP contribution in [0.5, 0.6) is 5.75 Å². The van der Waals surface area contributed by atoms with Crippen molar-refractivity contribution in [1.82, 2.24) is 10.2 Å². The second-order valence-electron chi connectivity index (χ2n) is 7.32. The minimum atomic E-state index is -0.435. The fourth-order valence-corrected chi connectivity index (χ4v) is 2.82. The molecule has 2 rings (SSSR count). The number of ether oxygens (including phenoxy) is 2. The lowest BCUT2D eigenvalue weighted by Gasteiger charge is -2.26. The number of carbonyl (C=O) groups excluding carboxylic acids is 1. The van der Waals surface area contributed by atoms with Crippen molar-refractivity contribution in [2.24, 2.45) is 0 Å². The fraction of sp³-hybridized carbons (Fsp3) is 0.632. The van der Waals surface area contributed by atoms with Crippen LogP contribution in [0.1, 0.15) is 45.6 Å². The third kappa shape index (κ3) is 6.04. The van der Waals surface area contributed by atoms with Crippen LogP contribution >= 0.6 is 0 Å². The molecule has 134 valence electrons. The molecule has 5 heteroatoms. The number of likely N-dealkylation sites (tertiary alicyclic amines) is 1. The summed E-state index contributed by atoms with van der Waals surface area (Å²) in [4.78, 5) is 14.0. The highest BCUT2D eigenvalue weighted by atomic mass is 16.6. The van der Waals surface area contributed by atoms with Crippen molar-refractivity contribution in [2.75, 3.05) is 20.2 Å². The molecule has 1 aromatic rings. The van der Waals surface area contributed by atoms with Gasteiger partial charge in [0.25, 0.3) is 0 Å². The topological polar surface area (TPSA) is 50.8 Å². The first-order chi connectivity index (χ1) is 11.4. The van der Waals surface area contributed by atoms with Gasteiger partial charge in [0.05, 0.1) is 7.11 Å². The summed E-state index contributed by atoms with van der Waals surface area (Å²) in [6, 6.07) is 8.55. The van der Waals surface area contributed by atoms with Gasteiger partial charge in [0.15, 0.2) is 0 Å². The van der Waals surface area contributed by atoms with Crippen molar-refractivity contribution in [3.63, 3.8) is 0 Å². The van der Waals surface area contributed by atoms with Crippen molar-refractivity contribution >= 4 is 6.09 Å². The minimum absolute atomic E-state index is 0.196. The summed E-state index contributed by atoms with van der Waals surface area (Å²) in [6.45, 7) is 8.07. The maximum Gasteiger partial charge on any atom is 0.410 e. The Kier molecular flexibility index (Phi) is 6.49. The molecule has 1 saturated heterocycles. The molecule has 1 N–H and O–H groups in total. The lowest BCUT2D eigenvalue weighted by molar-refractivity contribution is 0.0256. The van der Waals surface area contributed by atoms with E-state index in [-0.39, 0.29) is 6.09 Å². The predicted octanol–water partition coefficient (Wildman–Crippen LogP) is 3.57. The van der Waals surface area contributed by atoms with Gasteiger partial charge in [-0.05, 0) is 57.7 Å². The standard InChI is InChI=1S/C19H30N2O3/c1-19(2,3)24-18(22)21-12-5-6-16(11-13-21)20-14-15-7-9-17(23-4)10-8-15/h7-10,16,20H,5-6,11-14H2,1-4H3. The van der Waals surface area contributed by atoms with E-state index in [1.54, 1.807) is 7.11 Å². The van der Waals surface area contributed by atoms with E-state index in [1.165, 1.54) is 5.56 Å². The molecule has 0 spiro atoms. The molecule has 1 aromatic carbocycles. The van der Waals surface area contributed by atoms with Crippen LogP contribution in [0.4, 0.5) is 4.79 Å². The number of nitrogens with one attached hydrogen (secondary N) is 1. The summed E-state index contributed by atoms with van der Waals surface area (Å²) in [5.74, 6) is 0.876. The van der Waals surface area contributed by atoms with E-state index >= 15 is 0 Å². The monoisotopic (exact) mass is 334 g/mol. The van der Waals surface area contributed by atoms with E-state index in [2.05, 4.69) is 17.4 Å². The molecule has 1 heterocycles. The molecule has 0 aromatic heterocycles. The van der Waals surface area contributed by atoms with Crippen LogP contribution in [0.25, 0.3) is 0 Å². The van der Waals surface area contributed by atoms with E-state index in [1.807, 2.05) is 37.8 Å². The van der Waals surface area contributed by atoms with Crippen LogP contribution < -0.4 is 10.1 Å². The minimum Gasteiger partial charge on any atom is -0.497 e. The van der Waals surface area contributed by atoms with Crippen LogP contribution in [-0.4, -0.2) is 42.8 Å². The number of nitrogens with zero attached hydrogens (tertiary/aromatic N) is 1. The molecule has 0 bridgehead atoms. The van der Waals surface area contributed by atoms with E-state index in [0.29, 0.717) is 6.04 Å². The molecule has 1 unspecified atom stereocenters. The molecule has 5 nitrogen and oxygen atoms in total. The van der Waals surface area contributed by atoms with Gasteiger partial charge in [-0.25, -0.2) is 4.79 Å². The third-order valence-corrected chi connectivity index (χ3v) is 4.13. The average molecular weight is 334 g/mol. The zero-order valence-electron chi connectivity index (χ0n) is 15.3. The Morgan fingerprint density at radius 3 is 2.54 bits per heavy atom. The zero-order chi connectivity index (χ0) is 17.6. The SMILES string of the molecule is COc1ccc(CNC2CCCN(C(=O)OC(C)(C)C)CC2)cc1. The van der Waals surface area contributed by atoms with Gasteiger partial charge < -0.3 is 19.7 Å². The normalized spacial score (nSPS) is 18.8. The van der Waals surface area contributed by atoms with E-state index in [9.17, 15) is 4.79 Å². The van der Waals surface area contributed by atoms with Crippen molar-refractivity contribution in [3.8, 4) is 5.75 Å². The predicted molar refractivity (Wildman–Crippen MR) is 95.3 cm³/mol. The molecular weight excluding hydrogens is 304 g/mol. The highest BCUT2D eigenvalue weighted by Gasteiger charge is 2.24. The van der Waals surface area contributed by atoms with Gasteiger partial charge in [0.1, 0.15) is 11.4 Å². The number of benzene rings is 1. The maximum atomic E-state index is 12.2. The van der Waals surface area contributed by atoms with Crippen molar-refractivity contribution in [2.45, 2.75) is 58.2 Å². The molecular formula is C19H30N2O3. The number of hydrogen-bond donors (Lipinski definition) is 1. The Bertz CT molecular complexity index is 522. The lowest BCUT2D eigenvalue weighted by Crippen LogP contribution is -2.38. The first-order valence-corrected chi connectivity index (χ1v) is 8.71. The van der Waals surface area contributed by atoms with Crippen molar-refractivity contribution < 1.29 is 14.3 Å². The van der Waals surface area contributed by atoms with E-state index in [4.69, 9.17) is 9.47 Å². The Labute approximate surface area is 145 Å². The van der Waals surface area contributed by atoms with Gasteiger partial charge in [0, 0.05) is 25.7 Å². The molecule has 24 heavy (non-hydrogen) atoms. The fourth-order valence-electron chi connectivity index (χ4n) is 2.82. The summed E-state index contributed by atoms with van der Waals surface area (Å²) >= 11 is 0.